The topological polar surface area (TPSA) is 68.2 Å². The Morgan fingerprint density at radius 1 is 0.628 bits per heavy atom. The molecule has 7 aromatic heterocycles. The van der Waals surface area contributed by atoms with Crippen LogP contribution in [0.4, 0.5) is 30.7 Å². The zero-order chi connectivity index (χ0) is 70.6. The van der Waals surface area contributed by atoms with Crippen LogP contribution in [0, 0.1) is 20.8 Å². The van der Waals surface area contributed by atoms with Crippen LogP contribution in [-0.2, 0) is 31.5 Å². The van der Waals surface area contributed by atoms with Crippen molar-refractivity contribution < 1.29 is 30.7 Å². The molecule has 0 N–H and O–H groups in total. The monoisotopic (exact) mass is 1320 g/mol. The average Bonchev–Trinajstić information content (AvgIpc) is 1.63. The molecule has 3 aromatic carbocycles. The Labute approximate surface area is 560 Å². The first kappa shape index (κ1) is 77.4. The van der Waals surface area contributed by atoms with Crippen molar-refractivity contribution in [1.29, 1.82) is 0 Å². The second kappa shape index (κ2) is 32.9. The maximum atomic E-state index is 13.1. The molecule has 0 atom stereocenters. The van der Waals surface area contributed by atoms with Gasteiger partial charge < -0.3 is 18.3 Å². The van der Waals surface area contributed by atoms with Gasteiger partial charge >= 0.3 is 6.18 Å². The summed E-state index contributed by atoms with van der Waals surface area (Å²) < 4.78 is 102. The second-order valence-electron chi connectivity index (χ2n) is 26.9. The molecule has 1 aliphatic carbocycles. The van der Waals surface area contributed by atoms with E-state index in [1.807, 2.05) is 89.9 Å². The maximum Gasteiger partial charge on any atom is 0.416 e. The molecule has 94 heavy (non-hydrogen) atoms. The molecule has 0 aliphatic heterocycles. The van der Waals surface area contributed by atoms with Crippen LogP contribution in [0.3, 0.4) is 0 Å². The van der Waals surface area contributed by atoms with E-state index in [-0.39, 0.29) is 29.4 Å². The molecule has 17 heteroatoms. The van der Waals surface area contributed by atoms with Gasteiger partial charge in [-0.25, -0.2) is 0 Å². The third-order valence-electron chi connectivity index (χ3n) is 16.6. The highest BCUT2D eigenvalue weighted by molar-refractivity contribution is 6.30. The van der Waals surface area contributed by atoms with Crippen LogP contribution >= 0.6 is 11.6 Å². The van der Waals surface area contributed by atoms with E-state index >= 15 is 0 Å². The molecular weight excluding hydrogens is 1220 g/mol. The molecule has 10 aromatic rings. The number of benzene rings is 3. The summed E-state index contributed by atoms with van der Waals surface area (Å²) in [5.74, 6) is -4.43. The molecule has 0 unspecified atom stereocenters. The minimum atomic E-state index is -4.28. The van der Waals surface area contributed by atoms with Crippen molar-refractivity contribution in [3.05, 3.63) is 202 Å². The third kappa shape index (κ3) is 20.6. The molecule has 0 bridgehead atoms. The Bertz CT molecular complexity index is 4010. The number of aromatic nitrogens is 9. The first-order chi connectivity index (χ1) is 43.7. The lowest BCUT2D eigenvalue weighted by atomic mass is 10.0. The molecule has 512 valence electrons. The molecule has 7 heterocycles. The fourth-order valence-electron chi connectivity index (χ4n) is 10.8. The lowest BCUT2D eigenvalue weighted by molar-refractivity contribution is -0.137. The normalized spacial score (nSPS) is 12.6. The summed E-state index contributed by atoms with van der Waals surface area (Å²) in [6, 6.07) is 27.4. The van der Waals surface area contributed by atoms with E-state index < -0.39 is 23.6 Å². The maximum absolute atomic E-state index is 13.1. The van der Waals surface area contributed by atoms with Gasteiger partial charge in [0, 0.05) is 144 Å². The van der Waals surface area contributed by atoms with E-state index in [0.717, 1.165) is 66.5 Å². The SMILES string of the molecule is C=C(C)c1cn(C(C)C)c2c(CC)cccc12.CC(C)c1cccc(Cl)c1.CC(C)c1cn(C)c2ccc(C(F)(F)F)cc12.CC(C)n1ccc(C(C)(F)F)n1.CC(C)n1ccc2cnccc21.CC(C)n1nc(C(C)(F)F)cc1C1CC1.Cc1cn(C(C)C)c(C)c1C. The number of nitrogens with zero attached hydrogens (tertiary/aromatic N) is 9. The Morgan fingerprint density at radius 3 is 1.69 bits per heavy atom. The van der Waals surface area contributed by atoms with Gasteiger partial charge in [0.1, 0.15) is 11.4 Å². The summed E-state index contributed by atoms with van der Waals surface area (Å²) in [4.78, 5) is 4.07. The summed E-state index contributed by atoms with van der Waals surface area (Å²) in [7, 11) is 1.85. The molecule has 9 nitrogen and oxygen atoms in total. The Hall–Kier alpha value is -7.33. The third-order valence-corrected chi connectivity index (χ3v) is 16.8. The van der Waals surface area contributed by atoms with Crippen LogP contribution in [0.5, 0.6) is 0 Å². The molecule has 0 spiro atoms. The van der Waals surface area contributed by atoms with E-state index in [4.69, 9.17) is 11.6 Å². The van der Waals surface area contributed by atoms with E-state index in [0.29, 0.717) is 35.3 Å². The first-order valence-electron chi connectivity index (χ1n) is 32.9. The predicted octanol–water partition coefficient (Wildman–Crippen LogP) is 24.2. The van der Waals surface area contributed by atoms with E-state index in [1.165, 1.54) is 78.2 Å². The Balaban J connectivity index is 0.000000200. The zero-order valence-corrected chi connectivity index (χ0v) is 60.4. The van der Waals surface area contributed by atoms with Crippen LogP contribution in [0.25, 0.3) is 38.3 Å². The number of rotatable bonds is 12. The molecule has 11 rings (SSSR count). The molecule has 0 radical (unpaired) electrons. The minimum absolute atomic E-state index is 0.0990. The fraction of sp³-hybridized carbons (Fsp3) is 0.468. The zero-order valence-electron chi connectivity index (χ0n) is 59.6. The lowest BCUT2D eigenvalue weighted by Gasteiger charge is -2.11. The first-order valence-corrected chi connectivity index (χ1v) is 33.2. The number of hydrogen-bond acceptors (Lipinski definition) is 3. The fourth-order valence-corrected chi connectivity index (χ4v) is 11.0. The number of pyridine rings is 1. The second-order valence-corrected chi connectivity index (χ2v) is 27.3. The Kier molecular flexibility index (Phi) is 27.1. The van der Waals surface area contributed by atoms with Crippen molar-refractivity contribution in [3.8, 4) is 0 Å². The standard InChI is InChI=1S/C16H21N.C13H14F3N.C11H16F2N2.C10H12N2.C10H17N.C9H11Cl.C8H12F2N2/c1-6-13-8-7-9-14-15(11(2)3)10-17(12(4)5)16(13)14;1-8(2)11-7-17(3)12-5-4-9(6-10(11)12)13(14,15)16;1-7(2)15-9(8-4-5-8)6-10(14-15)11(3,12)13;1-8(2)12-6-4-9-7-11-5-3-10(9)12;1-7(2)11-6-8(3)9(4)10(11)5;1-7(2)8-4-3-5-9(10)6-8;1-6(2)12-5-4-7(11-12)8(3,9)10/h7-10,12H,2,6H2,1,3-5H3;4-8H,1-3H3;6-8H,4-5H2,1-3H3;3-8H,1-2H3;6-7H,1-5H3;3-7H,1-2H3;4-6H,1-3H3. The van der Waals surface area contributed by atoms with Gasteiger partial charge in [0.2, 0.25) is 0 Å². The quantitative estimate of drug-likeness (QED) is 0.114. The van der Waals surface area contributed by atoms with Crippen molar-refractivity contribution in [1.82, 2.24) is 42.8 Å². The van der Waals surface area contributed by atoms with Crippen molar-refractivity contribution in [2.75, 3.05) is 0 Å². The number of aryl methyl sites for hydroxylation is 3. The van der Waals surface area contributed by atoms with Gasteiger partial charge in [-0.2, -0.15) is 40.9 Å². The van der Waals surface area contributed by atoms with Crippen LogP contribution in [0.15, 0.2) is 135 Å². The molecular formula is C77H103ClF7N9. The van der Waals surface area contributed by atoms with Crippen LogP contribution in [0.1, 0.15) is 247 Å². The van der Waals surface area contributed by atoms with Crippen molar-refractivity contribution in [2.45, 2.75) is 231 Å². The van der Waals surface area contributed by atoms with Gasteiger partial charge in [0.25, 0.3) is 11.8 Å². The summed E-state index contributed by atoms with van der Waals surface area (Å²) in [5, 5.41) is 11.8. The highest BCUT2D eigenvalue weighted by Gasteiger charge is 2.35. The van der Waals surface area contributed by atoms with E-state index in [2.05, 4.69) is 180 Å². The van der Waals surface area contributed by atoms with Gasteiger partial charge in [0.05, 0.1) is 16.6 Å². The van der Waals surface area contributed by atoms with Gasteiger partial charge in [-0.1, -0.05) is 83.1 Å². The van der Waals surface area contributed by atoms with Crippen molar-refractivity contribution >= 4 is 49.9 Å². The van der Waals surface area contributed by atoms with Crippen LogP contribution < -0.4 is 0 Å². The summed E-state index contributed by atoms with van der Waals surface area (Å²) in [5.41, 5.74) is 13.9. The lowest BCUT2D eigenvalue weighted by Crippen LogP contribution is -2.11. The number of halogens is 8. The van der Waals surface area contributed by atoms with Crippen LogP contribution in [0.2, 0.25) is 5.02 Å². The average molecular weight is 1320 g/mol. The number of hydrogen-bond donors (Lipinski definition) is 0. The summed E-state index contributed by atoms with van der Waals surface area (Å²) in [6.45, 7) is 45.9. The van der Waals surface area contributed by atoms with Gasteiger partial charge in [-0.15, -0.1) is 0 Å². The smallest absolute Gasteiger partial charge is 0.350 e. The molecule has 1 fully saturated rings. The van der Waals surface area contributed by atoms with E-state index in [1.54, 1.807) is 16.9 Å². The molecule has 1 aliphatic rings. The minimum Gasteiger partial charge on any atom is -0.350 e. The van der Waals surface area contributed by atoms with E-state index in [9.17, 15) is 30.7 Å². The largest absolute Gasteiger partial charge is 0.416 e. The highest BCUT2D eigenvalue weighted by atomic mass is 35.5. The molecule has 1 saturated carbocycles. The Morgan fingerprint density at radius 2 is 1.24 bits per heavy atom. The highest BCUT2D eigenvalue weighted by Crippen LogP contribution is 2.43. The summed E-state index contributed by atoms with van der Waals surface area (Å²) >= 11 is 5.79. The molecule has 0 amide bonds. The molecule has 0 saturated heterocycles. The predicted molar refractivity (Wildman–Crippen MR) is 379 cm³/mol. The number of alkyl halides is 7. The van der Waals surface area contributed by atoms with Gasteiger partial charge in [-0.3, -0.25) is 14.3 Å². The van der Waals surface area contributed by atoms with Crippen molar-refractivity contribution in [2.24, 2.45) is 7.05 Å². The van der Waals surface area contributed by atoms with Gasteiger partial charge in [-0.05, 0) is 216 Å². The van der Waals surface area contributed by atoms with Gasteiger partial charge in [0.15, 0.2) is 0 Å². The number of para-hydroxylation sites is 1. The summed E-state index contributed by atoms with van der Waals surface area (Å²) in [6.07, 6.45) is 12.8. The number of allylic oxidation sites excluding steroid dienone is 1. The number of fused-ring (bicyclic) bond motifs is 3. The van der Waals surface area contributed by atoms with Crippen molar-refractivity contribution in [3.63, 3.8) is 0 Å². The van der Waals surface area contributed by atoms with Crippen LogP contribution in [-0.4, -0.2) is 42.8 Å².